The molecule has 1 saturated carbocycles. The van der Waals surface area contributed by atoms with Crippen LogP contribution in [-0.2, 0) is 6.18 Å². The van der Waals surface area contributed by atoms with E-state index in [-0.39, 0.29) is 40.9 Å². The van der Waals surface area contributed by atoms with Crippen molar-refractivity contribution in [2.75, 3.05) is 0 Å². The summed E-state index contributed by atoms with van der Waals surface area (Å²) in [6.45, 7) is 1.93. The van der Waals surface area contributed by atoms with Crippen LogP contribution in [0.5, 0.6) is 5.75 Å². The van der Waals surface area contributed by atoms with Gasteiger partial charge in [0.15, 0.2) is 5.82 Å². The highest BCUT2D eigenvalue weighted by atomic mass is 19.4. The number of halogens is 4. The number of hydrogen-bond acceptors (Lipinski definition) is 5. The van der Waals surface area contributed by atoms with Crippen LogP contribution in [0, 0.1) is 11.7 Å². The lowest BCUT2D eigenvalue weighted by molar-refractivity contribution is -0.141. The van der Waals surface area contributed by atoms with E-state index in [2.05, 4.69) is 15.2 Å². The maximum atomic E-state index is 14.6. The second kappa shape index (κ2) is 7.82. The van der Waals surface area contributed by atoms with E-state index in [0.29, 0.717) is 12.8 Å². The van der Waals surface area contributed by atoms with Gasteiger partial charge in [-0.15, -0.1) is 4.80 Å². The number of pyridine rings is 1. The molecular formula is C22H19F4N5O2. The summed E-state index contributed by atoms with van der Waals surface area (Å²) in [7, 11) is 0. The maximum absolute atomic E-state index is 14.6. The minimum absolute atomic E-state index is 0.0353. The largest absolute Gasteiger partial charge is 0.487 e. The van der Waals surface area contributed by atoms with Crippen molar-refractivity contribution in [1.82, 2.24) is 24.9 Å². The molecule has 7 nitrogen and oxygen atoms in total. The second-order valence-corrected chi connectivity index (χ2v) is 8.24. The fraction of sp³-hybridized carbons (Fsp3) is 0.364. The zero-order valence-electron chi connectivity index (χ0n) is 17.4. The molecule has 2 aromatic heterocycles. The van der Waals surface area contributed by atoms with Crippen LogP contribution in [0.3, 0.4) is 0 Å². The number of likely N-dealkylation sites (tertiary alicyclic amines) is 1. The predicted octanol–water partition coefficient (Wildman–Crippen LogP) is 3.89. The first-order chi connectivity index (χ1) is 15.7. The average Bonchev–Trinajstić information content (AvgIpc) is 3.50. The third kappa shape index (κ3) is 3.70. The number of aromatic nitrogens is 4. The van der Waals surface area contributed by atoms with Crippen LogP contribution < -0.4 is 4.74 Å². The molecule has 172 valence electrons. The number of amides is 1. The summed E-state index contributed by atoms with van der Waals surface area (Å²) in [6.07, 6.45) is 0.234. The molecule has 3 heterocycles. The Kier molecular flexibility index (Phi) is 5.06. The predicted molar refractivity (Wildman–Crippen MR) is 107 cm³/mol. The number of fused-ring (bicyclic) bond motifs is 2. The molecule has 0 N–H and O–H groups in total. The molecule has 1 amide bonds. The van der Waals surface area contributed by atoms with E-state index in [4.69, 9.17) is 4.74 Å². The molecule has 1 saturated heterocycles. The van der Waals surface area contributed by atoms with E-state index in [1.165, 1.54) is 36.7 Å². The summed E-state index contributed by atoms with van der Waals surface area (Å²) in [4.78, 5) is 19.7. The van der Waals surface area contributed by atoms with Crippen molar-refractivity contribution in [1.29, 1.82) is 0 Å². The number of piperidine rings is 1. The molecule has 0 radical (unpaired) electrons. The summed E-state index contributed by atoms with van der Waals surface area (Å²) in [5.41, 5.74) is -0.911. The molecule has 1 aliphatic carbocycles. The Hall–Kier alpha value is -3.50. The molecular weight excluding hydrogens is 442 g/mol. The minimum Gasteiger partial charge on any atom is -0.487 e. The Morgan fingerprint density at radius 3 is 2.52 bits per heavy atom. The number of carbonyl (C=O) groups excluding carboxylic acids is 1. The van der Waals surface area contributed by atoms with Crippen molar-refractivity contribution in [3.63, 3.8) is 0 Å². The Balaban J connectivity index is 1.40. The van der Waals surface area contributed by atoms with Crippen LogP contribution in [0.15, 0.2) is 48.9 Å². The summed E-state index contributed by atoms with van der Waals surface area (Å²) >= 11 is 0. The Morgan fingerprint density at radius 2 is 1.88 bits per heavy atom. The molecule has 2 fully saturated rings. The Labute approximate surface area is 186 Å². The third-order valence-corrected chi connectivity index (χ3v) is 6.37. The molecule has 2 aliphatic rings. The van der Waals surface area contributed by atoms with E-state index in [0.717, 1.165) is 17.1 Å². The van der Waals surface area contributed by atoms with Gasteiger partial charge in [-0.05, 0) is 49.9 Å². The maximum Gasteiger partial charge on any atom is 0.433 e. The van der Waals surface area contributed by atoms with E-state index in [1.807, 2.05) is 6.92 Å². The van der Waals surface area contributed by atoms with Crippen LogP contribution in [0.25, 0.3) is 5.69 Å². The summed E-state index contributed by atoms with van der Waals surface area (Å²) in [5.74, 6) is -0.641. The molecule has 0 unspecified atom stereocenters. The first kappa shape index (κ1) is 21.4. The fourth-order valence-electron chi connectivity index (χ4n) is 4.85. The molecule has 33 heavy (non-hydrogen) atoms. The van der Waals surface area contributed by atoms with Gasteiger partial charge in [-0.3, -0.25) is 4.79 Å². The van der Waals surface area contributed by atoms with Gasteiger partial charge in [0.1, 0.15) is 23.2 Å². The smallest absolute Gasteiger partial charge is 0.433 e. The summed E-state index contributed by atoms with van der Waals surface area (Å²) < 4.78 is 58.9. The first-order valence-corrected chi connectivity index (χ1v) is 10.4. The fourth-order valence-corrected chi connectivity index (χ4v) is 4.85. The minimum atomic E-state index is -4.53. The molecule has 0 spiro atoms. The lowest BCUT2D eigenvalue weighted by Gasteiger charge is -2.38. The second-order valence-electron chi connectivity index (χ2n) is 8.24. The topological polar surface area (TPSA) is 73.1 Å². The number of alkyl halides is 3. The standard InChI is InChI=1S/C22H19F4N5O2/c1-12-13-9-17(18(10-13)33-14-5-6-19(27-11-14)22(24,25)26)30(12)21(32)15-3-2-4-16(23)20(15)31-28-7-8-29-31/h2-8,11-13,17-18H,9-10H2,1H3/t12-,13-,17+,18-/m1/s1. The summed E-state index contributed by atoms with van der Waals surface area (Å²) in [6, 6.07) is 5.90. The van der Waals surface area contributed by atoms with Gasteiger partial charge < -0.3 is 9.64 Å². The van der Waals surface area contributed by atoms with Gasteiger partial charge in [-0.2, -0.15) is 23.4 Å². The lowest BCUT2D eigenvalue weighted by Crippen LogP contribution is -2.51. The van der Waals surface area contributed by atoms with Gasteiger partial charge in [0, 0.05) is 6.04 Å². The first-order valence-electron chi connectivity index (χ1n) is 10.4. The molecule has 2 bridgehead atoms. The number of hydrogen-bond donors (Lipinski definition) is 0. The SMILES string of the molecule is C[C@@H]1[C@H]2C[C@@H](Oc3ccc(C(F)(F)F)nc3)[C@H](C2)N1C(=O)c1cccc(F)c1-n1nccn1. The van der Waals surface area contributed by atoms with E-state index >= 15 is 0 Å². The van der Waals surface area contributed by atoms with Crippen LogP contribution in [-0.4, -0.2) is 49.0 Å². The lowest BCUT2D eigenvalue weighted by atomic mass is 9.98. The highest BCUT2D eigenvalue weighted by Gasteiger charge is 2.53. The Morgan fingerprint density at radius 1 is 1.12 bits per heavy atom. The zero-order valence-corrected chi connectivity index (χ0v) is 17.4. The number of para-hydroxylation sites is 1. The highest BCUT2D eigenvalue weighted by molar-refractivity contribution is 5.98. The number of ether oxygens (including phenoxy) is 1. The normalized spacial score (nSPS) is 24.3. The van der Waals surface area contributed by atoms with Crippen molar-refractivity contribution >= 4 is 5.91 Å². The number of nitrogens with zero attached hydrogens (tertiary/aromatic N) is 5. The Bertz CT molecular complexity index is 1170. The van der Waals surface area contributed by atoms with Gasteiger partial charge in [-0.25, -0.2) is 9.37 Å². The van der Waals surface area contributed by atoms with E-state index in [9.17, 15) is 22.4 Å². The zero-order chi connectivity index (χ0) is 23.3. The van der Waals surface area contributed by atoms with Gasteiger partial charge >= 0.3 is 6.18 Å². The molecule has 5 rings (SSSR count). The monoisotopic (exact) mass is 461 g/mol. The summed E-state index contributed by atoms with van der Waals surface area (Å²) in [5, 5.41) is 7.92. The van der Waals surface area contributed by atoms with Gasteiger partial charge in [0.25, 0.3) is 5.91 Å². The van der Waals surface area contributed by atoms with E-state index < -0.39 is 23.8 Å². The quantitative estimate of drug-likeness (QED) is 0.552. The highest BCUT2D eigenvalue weighted by Crippen LogP contribution is 2.45. The van der Waals surface area contributed by atoms with Gasteiger partial charge in [0.05, 0.1) is 30.2 Å². The number of benzene rings is 1. The van der Waals surface area contributed by atoms with Crippen molar-refractivity contribution < 1.29 is 27.1 Å². The van der Waals surface area contributed by atoms with Crippen LogP contribution in [0.1, 0.15) is 35.8 Å². The van der Waals surface area contributed by atoms with Crippen molar-refractivity contribution in [3.8, 4) is 11.4 Å². The van der Waals surface area contributed by atoms with Crippen molar-refractivity contribution in [3.05, 3.63) is 66.0 Å². The van der Waals surface area contributed by atoms with Crippen LogP contribution in [0.4, 0.5) is 17.6 Å². The molecule has 11 heteroatoms. The van der Waals surface area contributed by atoms with Crippen LogP contribution in [0.2, 0.25) is 0 Å². The number of rotatable bonds is 4. The molecule has 3 aromatic rings. The van der Waals surface area contributed by atoms with Crippen molar-refractivity contribution in [2.24, 2.45) is 5.92 Å². The average molecular weight is 461 g/mol. The number of carbonyl (C=O) groups is 1. The molecule has 1 aromatic carbocycles. The van der Waals surface area contributed by atoms with Gasteiger partial charge in [0.2, 0.25) is 0 Å². The molecule has 4 atom stereocenters. The van der Waals surface area contributed by atoms with Gasteiger partial charge in [-0.1, -0.05) is 6.07 Å². The third-order valence-electron chi connectivity index (χ3n) is 6.37. The van der Waals surface area contributed by atoms with E-state index in [1.54, 1.807) is 4.90 Å². The van der Waals surface area contributed by atoms with Crippen molar-refractivity contribution in [2.45, 2.75) is 44.1 Å². The molecule has 1 aliphatic heterocycles. The van der Waals surface area contributed by atoms with Crippen LogP contribution >= 0.6 is 0 Å².